The van der Waals surface area contributed by atoms with Crippen LogP contribution in [0.3, 0.4) is 0 Å². The van der Waals surface area contributed by atoms with Crippen LogP contribution in [0, 0.1) is 16.0 Å². The first kappa shape index (κ1) is 23.2. The second-order valence-corrected chi connectivity index (χ2v) is 11.1. The summed E-state index contributed by atoms with van der Waals surface area (Å²) >= 11 is 12.2. The molecule has 0 bridgehead atoms. The Balaban J connectivity index is 1.59. The third-order valence-corrected chi connectivity index (χ3v) is 9.49. The average molecular weight is 560 g/mol. The molecule has 3 aromatic rings. The van der Waals surface area contributed by atoms with Crippen LogP contribution in [0.15, 0.2) is 76.1 Å². The highest BCUT2D eigenvalue weighted by molar-refractivity contribution is 9.10. The lowest BCUT2D eigenvalue weighted by Crippen LogP contribution is -2.32. The number of rotatable bonds is 5. The fourth-order valence-corrected chi connectivity index (χ4v) is 7.70. The molecule has 6 nitrogen and oxygen atoms in total. The number of nitro groups is 1. The Hall–Kier alpha value is -2.55. The predicted molar refractivity (Wildman–Crippen MR) is 137 cm³/mol. The van der Waals surface area contributed by atoms with E-state index in [-0.39, 0.29) is 44.7 Å². The first-order chi connectivity index (χ1) is 16.4. The monoisotopic (exact) mass is 558 g/mol. The quantitative estimate of drug-likeness (QED) is 0.197. The highest BCUT2D eigenvalue weighted by Gasteiger charge is 2.51. The molecule has 5 atom stereocenters. The van der Waals surface area contributed by atoms with Gasteiger partial charge in [-0.3, -0.25) is 10.1 Å². The standard InChI is InChI=1S/C25H20BrClN2O4S/c26-17-9-2-1-6-13(17)23-16-12-20(34-19-11-4-3-10-18(19)29(32)33)22(27)21(16)14-7-5-8-15(25(30)31)24(14)28-23/h1-11,16,20-23,28H,12H2,(H,30,31)/t16-,20+,21+,22+,23-/m1/s1. The Labute approximate surface area is 214 Å². The zero-order valence-corrected chi connectivity index (χ0v) is 20.9. The summed E-state index contributed by atoms with van der Waals surface area (Å²) in [4.78, 5) is 23.8. The Morgan fingerprint density at radius 2 is 1.79 bits per heavy atom. The molecule has 0 amide bonds. The van der Waals surface area contributed by atoms with E-state index in [1.807, 2.05) is 30.3 Å². The van der Waals surface area contributed by atoms with Gasteiger partial charge >= 0.3 is 5.97 Å². The van der Waals surface area contributed by atoms with Crippen LogP contribution >= 0.6 is 39.3 Å². The van der Waals surface area contributed by atoms with Crippen molar-refractivity contribution in [1.29, 1.82) is 0 Å². The number of fused-ring (bicyclic) bond motifs is 3. The van der Waals surface area contributed by atoms with E-state index >= 15 is 0 Å². The molecule has 0 unspecified atom stereocenters. The van der Waals surface area contributed by atoms with E-state index in [4.69, 9.17) is 11.6 Å². The van der Waals surface area contributed by atoms with Gasteiger partial charge in [0.1, 0.15) is 0 Å². The van der Waals surface area contributed by atoms with Gasteiger partial charge in [0.2, 0.25) is 0 Å². The Kier molecular flexibility index (Phi) is 6.31. The van der Waals surface area contributed by atoms with Gasteiger partial charge in [-0.2, -0.15) is 0 Å². The number of thioether (sulfide) groups is 1. The molecule has 34 heavy (non-hydrogen) atoms. The number of alkyl halides is 1. The molecule has 0 radical (unpaired) electrons. The highest BCUT2D eigenvalue weighted by atomic mass is 79.9. The normalized spacial score (nSPS) is 25.2. The number of carbonyl (C=O) groups is 1. The number of aromatic carboxylic acids is 1. The second-order valence-electron chi connectivity index (χ2n) is 8.47. The minimum atomic E-state index is -0.997. The molecule has 1 heterocycles. The van der Waals surface area contributed by atoms with Crippen LogP contribution in [0.5, 0.6) is 0 Å². The van der Waals surface area contributed by atoms with Crippen LogP contribution in [0.2, 0.25) is 0 Å². The van der Waals surface area contributed by atoms with E-state index in [2.05, 4.69) is 21.2 Å². The Bertz CT molecular complexity index is 1290. The highest BCUT2D eigenvalue weighted by Crippen LogP contribution is 2.59. The fraction of sp³-hybridized carbons (Fsp3) is 0.240. The molecular weight excluding hydrogens is 540 g/mol. The zero-order valence-electron chi connectivity index (χ0n) is 17.7. The number of anilines is 1. The summed E-state index contributed by atoms with van der Waals surface area (Å²) in [7, 11) is 0. The van der Waals surface area contributed by atoms with Gasteiger partial charge in [-0.25, -0.2) is 4.79 Å². The molecule has 9 heteroatoms. The largest absolute Gasteiger partial charge is 0.478 e. The first-order valence-corrected chi connectivity index (χ1v) is 12.9. The van der Waals surface area contributed by atoms with Crippen molar-refractivity contribution in [1.82, 2.24) is 0 Å². The molecule has 0 spiro atoms. The molecule has 0 saturated heterocycles. The number of benzene rings is 3. The summed E-state index contributed by atoms with van der Waals surface area (Å²) in [6, 6.07) is 19.7. The third kappa shape index (κ3) is 3.97. The molecule has 0 aromatic heterocycles. The molecular formula is C25H20BrClN2O4S. The van der Waals surface area contributed by atoms with E-state index in [0.717, 1.165) is 22.0 Å². The number of halogens is 2. The van der Waals surface area contributed by atoms with Gasteiger partial charge in [-0.15, -0.1) is 23.4 Å². The number of nitrogens with zero attached hydrogens (tertiary/aromatic N) is 1. The SMILES string of the molecule is O=C(O)c1cccc2c1N[C@H](c1ccccc1Br)[C@@H]1C[C@H](Sc3ccccc3[N+](=O)[O-])[C@H](Cl)[C@@H]21. The molecule has 1 aliphatic heterocycles. The number of nitro benzene ring substituents is 1. The Morgan fingerprint density at radius 1 is 1.09 bits per heavy atom. The van der Waals surface area contributed by atoms with Gasteiger partial charge in [-0.1, -0.05) is 58.4 Å². The lowest BCUT2D eigenvalue weighted by Gasteiger charge is -2.39. The molecule has 5 rings (SSSR count). The lowest BCUT2D eigenvalue weighted by atomic mass is 9.76. The van der Waals surface area contributed by atoms with E-state index in [1.165, 1.54) is 17.8 Å². The van der Waals surface area contributed by atoms with Crippen molar-refractivity contribution in [2.75, 3.05) is 5.32 Å². The van der Waals surface area contributed by atoms with Crippen LogP contribution in [0.25, 0.3) is 0 Å². The molecule has 174 valence electrons. The van der Waals surface area contributed by atoms with Crippen molar-refractivity contribution >= 4 is 56.6 Å². The van der Waals surface area contributed by atoms with Crippen molar-refractivity contribution < 1.29 is 14.8 Å². The number of carboxylic acids is 1. The van der Waals surface area contributed by atoms with Crippen LogP contribution in [0.1, 0.15) is 39.9 Å². The van der Waals surface area contributed by atoms with Crippen LogP contribution in [0.4, 0.5) is 11.4 Å². The van der Waals surface area contributed by atoms with Crippen molar-refractivity contribution in [2.45, 2.75) is 33.9 Å². The van der Waals surface area contributed by atoms with Crippen LogP contribution in [-0.4, -0.2) is 26.6 Å². The van der Waals surface area contributed by atoms with Crippen molar-refractivity contribution in [2.24, 2.45) is 5.92 Å². The van der Waals surface area contributed by atoms with Crippen molar-refractivity contribution in [3.8, 4) is 0 Å². The summed E-state index contributed by atoms with van der Waals surface area (Å²) in [5.74, 6) is -1.02. The number of carboxylic acid groups (broad SMARTS) is 1. The third-order valence-electron chi connectivity index (χ3n) is 6.66. The molecule has 1 saturated carbocycles. The van der Waals surface area contributed by atoms with Crippen LogP contribution < -0.4 is 5.32 Å². The predicted octanol–water partition coefficient (Wildman–Crippen LogP) is 7.09. The summed E-state index contributed by atoms with van der Waals surface area (Å²) < 4.78 is 0.934. The molecule has 3 aromatic carbocycles. The van der Waals surface area contributed by atoms with Gasteiger partial charge in [-0.05, 0) is 41.7 Å². The maximum absolute atomic E-state index is 12.0. The van der Waals surface area contributed by atoms with Crippen molar-refractivity contribution in [3.05, 3.63) is 98.0 Å². The number of para-hydroxylation sites is 2. The van der Waals surface area contributed by atoms with Gasteiger partial charge in [0.05, 0.1) is 32.5 Å². The Morgan fingerprint density at radius 3 is 2.53 bits per heavy atom. The van der Waals surface area contributed by atoms with Crippen LogP contribution in [-0.2, 0) is 0 Å². The second kappa shape index (κ2) is 9.24. The number of hydrogen-bond donors (Lipinski definition) is 2. The molecule has 1 fully saturated rings. The molecule has 2 N–H and O–H groups in total. The van der Waals surface area contributed by atoms with E-state index < -0.39 is 5.97 Å². The minimum absolute atomic E-state index is 0.0697. The maximum atomic E-state index is 12.0. The van der Waals surface area contributed by atoms with Crippen molar-refractivity contribution in [3.63, 3.8) is 0 Å². The summed E-state index contributed by atoms with van der Waals surface area (Å²) in [6.07, 6.45) is 0.727. The summed E-state index contributed by atoms with van der Waals surface area (Å²) in [5.41, 5.74) is 2.80. The smallest absolute Gasteiger partial charge is 0.337 e. The van der Waals surface area contributed by atoms with Gasteiger partial charge in [0.25, 0.3) is 5.69 Å². The first-order valence-electron chi connectivity index (χ1n) is 10.8. The molecule has 2 aliphatic rings. The van der Waals surface area contributed by atoms with E-state index in [1.54, 1.807) is 30.3 Å². The van der Waals surface area contributed by atoms with Gasteiger partial charge in [0, 0.05) is 21.7 Å². The van der Waals surface area contributed by atoms with E-state index in [0.29, 0.717) is 10.6 Å². The average Bonchev–Trinajstić information content (AvgIpc) is 3.15. The lowest BCUT2D eigenvalue weighted by molar-refractivity contribution is -0.387. The number of hydrogen-bond acceptors (Lipinski definition) is 5. The topological polar surface area (TPSA) is 92.5 Å². The fourth-order valence-electron chi connectivity index (χ4n) is 5.23. The summed E-state index contributed by atoms with van der Waals surface area (Å²) in [6.45, 7) is 0. The van der Waals surface area contributed by atoms with Gasteiger partial charge in [0.15, 0.2) is 0 Å². The number of nitrogens with one attached hydrogen (secondary N) is 1. The zero-order chi connectivity index (χ0) is 24.0. The molecule has 1 aliphatic carbocycles. The van der Waals surface area contributed by atoms with E-state index in [9.17, 15) is 20.0 Å². The minimum Gasteiger partial charge on any atom is -0.478 e. The van der Waals surface area contributed by atoms with Gasteiger partial charge < -0.3 is 10.4 Å². The maximum Gasteiger partial charge on any atom is 0.337 e. The summed E-state index contributed by atoms with van der Waals surface area (Å²) in [5, 5.41) is 24.5.